The smallest absolute Gasteiger partial charge is 0.255 e. The van der Waals surface area contributed by atoms with E-state index in [-0.39, 0.29) is 12.5 Å². The highest BCUT2D eigenvalue weighted by atomic mass is 16.3. The number of nitrogens with one attached hydrogen (secondary N) is 1. The Morgan fingerprint density at radius 2 is 2.10 bits per heavy atom. The van der Waals surface area contributed by atoms with Crippen molar-refractivity contribution in [1.82, 2.24) is 19.9 Å². The fraction of sp³-hybridized carbons (Fsp3) is 0.133. The Morgan fingerprint density at radius 1 is 1.29 bits per heavy atom. The third kappa shape index (κ3) is 2.61. The number of nitrogens with zero attached hydrogens (tertiary/aromatic N) is 3. The number of rotatable bonds is 4. The second-order valence-electron chi connectivity index (χ2n) is 4.58. The summed E-state index contributed by atoms with van der Waals surface area (Å²) in [6.07, 6.45) is 6.35. The Labute approximate surface area is 121 Å². The topological polar surface area (TPSA) is 79.5 Å². The summed E-state index contributed by atoms with van der Waals surface area (Å²) < 4.78 is 1.58. The molecular weight excluding hydrogens is 268 g/mol. The minimum absolute atomic E-state index is 0.173. The fourth-order valence-corrected chi connectivity index (χ4v) is 2.17. The van der Waals surface area contributed by atoms with E-state index in [1.54, 1.807) is 23.1 Å². The molecule has 0 saturated carbocycles. The lowest BCUT2D eigenvalue weighted by Crippen LogP contribution is -2.30. The van der Waals surface area contributed by atoms with E-state index in [9.17, 15) is 9.90 Å². The lowest BCUT2D eigenvalue weighted by Gasteiger charge is -2.16. The third-order valence-electron chi connectivity index (χ3n) is 3.26. The van der Waals surface area contributed by atoms with Crippen LogP contribution >= 0.6 is 0 Å². The monoisotopic (exact) mass is 282 g/mol. The average molecular weight is 282 g/mol. The molecule has 0 bridgehead atoms. The molecule has 3 aromatic rings. The number of aromatic nitrogens is 3. The van der Waals surface area contributed by atoms with Crippen molar-refractivity contribution in [1.29, 1.82) is 0 Å². The first-order valence-electron chi connectivity index (χ1n) is 6.53. The van der Waals surface area contributed by atoms with Crippen LogP contribution in [0.5, 0.6) is 0 Å². The predicted molar refractivity (Wildman–Crippen MR) is 76.7 cm³/mol. The summed E-state index contributed by atoms with van der Waals surface area (Å²) in [5.41, 5.74) is 1.90. The summed E-state index contributed by atoms with van der Waals surface area (Å²) in [5, 5.41) is 16.4. The van der Waals surface area contributed by atoms with E-state index in [0.717, 1.165) is 5.56 Å². The first-order chi connectivity index (χ1) is 10.3. The van der Waals surface area contributed by atoms with E-state index in [4.69, 9.17) is 0 Å². The largest absolute Gasteiger partial charge is 0.394 e. The molecule has 3 rings (SSSR count). The second-order valence-corrected chi connectivity index (χ2v) is 4.58. The van der Waals surface area contributed by atoms with Crippen molar-refractivity contribution in [3.63, 3.8) is 0 Å². The number of amides is 1. The summed E-state index contributed by atoms with van der Waals surface area (Å²) in [4.78, 5) is 16.4. The molecule has 6 nitrogen and oxygen atoms in total. The highest BCUT2D eigenvalue weighted by Crippen LogP contribution is 2.14. The first kappa shape index (κ1) is 13.3. The van der Waals surface area contributed by atoms with Gasteiger partial charge in [-0.15, -0.1) is 0 Å². The molecule has 1 amide bonds. The number of aliphatic hydroxyl groups excluding tert-OH is 1. The van der Waals surface area contributed by atoms with Gasteiger partial charge in [-0.1, -0.05) is 30.3 Å². The van der Waals surface area contributed by atoms with Gasteiger partial charge in [0.2, 0.25) is 0 Å². The van der Waals surface area contributed by atoms with Gasteiger partial charge >= 0.3 is 0 Å². The fourth-order valence-electron chi connectivity index (χ4n) is 2.17. The van der Waals surface area contributed by atoms with Crippen LogP contribution in [0.15, 0.2) is 55.1 Å². The minimum Gasteiger partial charge on any atom is -0.394 e. The summed E-state index contributed by atoms with van der Waals surface area (Å²) in [6.45, 7) is -0.173. The van der Waals surface area contributed by atoms with Crippen LogP contribution in [0, 0.1) is 0 Å². The summed E-state index contributed by atoms with van der Waals surface area (Å²) >= 11 is 0. The number of hydrogen-bond acceptors (Lipinski definition) is 4. The molecule has 6 heteroatoms. The zero-order valence-corrected chi connectivity index (χ0v) is 11.2. The van der Waals surface area contributed by atoms with E-state index < -0.39 is 6.04 Å². The zero-order valence-electron chi connectivity index (χ0n) is 11.2. The van der Waals surface area contributed by atoms with Crippen LogP contribution in [0.1, 0.15) is 22.0 Å². The van der Waals surface area contributed by atoms with Crippen LogP contribution < -0.4 is 5.32 Å². The molecular formula is C15H14N4O2. The second kappa shape index (κ2) is 5.72. The van der Waals surface area contributed by atoms with E-state index in [2.05, 4.69) is 15.4 Å². The predicted octanol–water partition coefficient (Wildman–Crippen LogP) is 1.19. The Balaban J connectivity index is 1.85. The van der Waals surface area contributed by atoms with Crippen molar-refractivity contribution in [2.24, 2.45) is 0 Å². The molecule has 0 fully saturated rings. The van der Waals surface area contributed by atoms with Crippen molar-refractivity contribution in [3.8, 4) is 0 Å². The van der Waals surface area contributed by atoms with E-state index >= 15 is 0 Å². The van der Waals surface area contributed by atoms with Gasteiger partial charge in [0.1, 0.15) is 0 Å². The van der Waals surface area contributed by atoms with Crippen LogP contribution in [0.4, 0.5) is 0 Å². The Hall–Kier alpha value is -2.73. The lowest BCUT2D eigenvalue weighted by molar-refractivity contribution is 0.0918. The highest BCUT2D eigenvalue weighted by Gasteiger charge is 2.17. The maximum atomic E-state index is 12.4. The minimum atomic E-state index is -0.453. The Kier molecular flexibility index (Phi) is 3.61. The van der Waals surface area contributed by atoms with Gasteiger partial charge in [-0.05, 0) is 5.56 Å². The molecule has 0 saturated heterocycles. The summed E-state index contributed by atoms with van der Waals surface area (Å²) in [6, 6.07) is 8.88. The molecule has 0 spiro atoms. The molecule has 106 valence electrons. The van der Waals surface area contributed by atoms with Crippen molar-refractivity contribution < 1.29 is 9.90 Å². The maximum Gasteiger partial charge on any atom is 0.255 e. The number of fused-ring (bicyclic) bond motifs is 1. The van der Waals surface area contributed by atoms with Crippen molar-refractivity contribution >= 4 is 11.4 Å². The first-order valence-corrected chi connectivity index (χ1v) is 6.53. The molecule has 1 atom stereocenters. The summed E-state index contributed by atoms with van der Waals surface area (Å²) in [7, 11) is 0. The molecule has 2 aromatic heterocycles. The van der Waals surface area contributed by atoms with Crippen LogP contribution in [0.25, 0.3) is 5.52 Å². The number of benzene rings is 1. The summed E-state index contributed by atoms with van der Waals surface area (Å²) in [5.74, 6) is -0.291. The number of carbonyl (C=O) groups is 1. The standard InChI is InChI=1S/C15H14N4O2/c20-10-13(11-4-2-1-3-5-11)18-15(21)12-8-17-19-7-6-16-9-14(12)19/h1-9,13,20H,10H2,(H,18,21)/t13-/m0/s1. The molecule has 2 N–H and O–H groups in total. The van der Waals surface area contributed by atoms with Crippen LogP contribution in [-0.2, 0) is 0 Å². The van der Waals surface area contributed by atoms with E-state index in [0.29, 0.717) is 11.1 Å². The van der Waals surface area contributed by atoms with Gasteiger partial charge in [-0.3, -0.25) is 9.78 Å². The van der Waals surface area contributed by atoms with Crippen LogP contribution in [0.3, 0.4) is 0 Å². The number of aliphatic hydroxyl groups is 1. The van der Waals surface area contributed by atoms with Gasteiger partial charge in [0.25, 0.3) is 5.91 Å². The van der Waals surface area contributed by atoms with Gasteiger partial charge in [-0.25, -0.2) is 4.52 Å². The third-order valence-corrected chi connectivity index (χ3v) is 3.26. The normalized spacial score (nSPS) is 12.2. The molecule has 21 heavy (non-hydrogen) atoms. The van der Waals surface area contributed by atoms with Crippen molar-refractivity contribution in [3.05, 3.63) is 66.2 Å². The quantitative estimate of drug-likeness (QED) is 0.753. The SMILES string of the molecule is O=C(N[C@@H](CO)c1ccccc1)c1cnn2ccncc12. The van der Waals surface area contributed by atoms with Gasteiger partial charge in [0, 0.05) is 12.4 Å². The molecule has 0 unspecified atom stereocenters. The average Bonchev–Trinajstić information content (AvgIpc) is 2.97. The van der Waals surface area contributed by atoms with Crippen molar-refractivity contribution in [2.75, 3.05) is 6.61 Å². The number of hydrogen-bond donors (Lipinski definition) is 2. The van der Waals surface area contributed by atoms with Gasteiger partial charge in [0.05, 0.1) is 36.1 Å². The maximum absolute atomic E-state index is 12.4. The van der Waals surface area contributed by atoms with E-state index in [1.807, 2.05) is 30.3 Å². The Bertz CT molecular complexity index is 754. The molecule has 0 aliphatic heterocycles. The molecule has 1 aromatic carbocycles. The molecule has 0 aliphatic rings. The highest BCUT2D eigenvalue weighted by molar-refractivity contribution is 6.00. The molecule has 2 heterocycles. The van der Waals surface area contributed by atoms with Gasteiger partial charge in [0.15, 0.2) is 0 Å². The number of carbonyl (C=O) groups excluding carboxylic acids is 1. The van der Waals surface area contributed by atoms with E-state index in [1.165, 1.54) is 6.20 Å². The van der Waals surface area contributed by atoms with Crippen LogP contribution in [0.2, 0.25) is 0 Å². The van der Waals surface area contributed by atoms with Gasteiger partial charge < -0.3 is 10.4 Å². The Morgan fingerprint density at radius 3 is 2.86 bits per heavy atom. The molecule has 0 radical (unpaired) electrons. The molecule has 0 aliphatic carbocycles. The zero-order chi connectivity index (χ0) is 14.7. The van der Waals surface area contributed by atoms with Crippen molar-refractivity contribution in [2.45, 2.75) is 6.04 Å². The van der Waals surface area contributed by atoms with Crippen LogP contribution in [-0.4, -0.2) is 32.2 Å². The van der Waals surface area contributed by atoms with Gasteiger partial charge in [-0.2, -0.15) is 5.10 Å². The lowest BCUT2D eigenvalue weighted by atomic mass is 10.1.